The normalized spacial score (nSPS) is 10.2. The van der Waals surface area contributed by atoms with Crippen LogP contribution in [0.2, 0.25) is 0 Å². The molecule has 0 bridgehead atoms. The Hall–Kier alpha value is -0.520. The average molecular weight is 169 g/mol. The molecule has 0 amide bonds. The van der Waals surface area contributed by atoms with Crippen molar-refractivity contribution in [3.8, 4) is 12.3 Å². The molecule has 2 nitrogen and oxygen atoms in total. The molecule has 70 valence electrons. The SMILES string of the molecule is C#CCN(CCO)CCCCC. The van der Waals surface area contributed by atoms with Gasteiger partial charge >= 0.3 is 0 Å². The second-order valence-corrected chi connectivity index (χ2v) is 2.91. The first-order chi connectivity index (χ1) is 5.85. The highest BCUT2D eigenvalue weighted by Gasteiger charge is 2.00. The van der Waals surface area contributed by atoms with Crippen LogP contribution in [-0.2, 0) is 0 Å². The van der Waals surface area contributed by atoms with Crippen molar-refractivity contribution in [2.45, 2.75) is 26.2 Å². The van der Waals surface area contributed by atoms with Gasteiger partial charge in [0, 0.05) is 6.54 Å². The number of unbranched alkanes of at least 4 members (excludes halogenated alkanes) is 2. The Balaban J connectivity index is 3.42. The van der Waals surface area contributed by atoms with Crippen LogP contribution in [0, 0.1) is 12.3 Å². The van der Waals surface area contributed by atoms with Gasteiger partial charge in [0.25, 0.3) is 0 Å². The Bertz CT molecular complexity index is 128. The van der Waals surface area contributed by atoms with Gasteiger partial charge in [0.1, 0.15) is 0 Å². The smallest absolute Gasteiger partial charge is 0.0599 e. The fraction of sp³-hybridized carbons (Fsp3) is 0.800. The van der Waals surface area contributed by atoms with Gasteiger partial charge in [0.15, 0.2) is 0 Å². The summed E-state index contributed by atoms with van der Waals surface area (Å²) in [5.41, 5.74) is 0. The van der Waals surface area contributed by atoms with Crippen molar-refractivity contribution >= 4 is 0 Å². The third-order valence-electron chi connectivity index (χ3n) is 1.81. The molecule has 0 atom stereocenters. The predicted molar refractivity (Wildman–Crippen MR) is 51.9 cm³/mol. The van der Waals surface area contributed by atoms with Gasteiger partial charge in [0.05, 0.1) is 13.2 Å². The molecule has 0 saturated heterocycles. The third kappa shape index (κ3) is 6.21. The summed E-state index contributed by atoms with van der Waals surface area (Å²) in [5.74, 6) is 2.59. The standard InChI is InChI=1S/C10H19NO/c1-3-5-6-8-11(7-4-2)9-10-12/h2,12H,3,5-10H2,1H3. The van der Waals surface area contributed by atoms with Gasteiger partial charge in [-0.25, -0.2) is 0 Å². The minimum Gasteiger partial charge on any atom is -0.395 e. The van der Waals surface area contributed by atoms with Gasteiger partial charge in [-0.1, -0.05) is 25.7 Å². The Kier molecular flexibility index (Phi) is 8.20. The molecule has 0 radical (unpaired) electrons. The molecule has 0 aliphatic rings. The van der Waals surface area contributed by atoms with Crippen LogP contribution in [0.25, 0.3) is 0 Å². The summed E-state index contributed by atoms with van der Waals surface area (Å²) in [4.78, 5) is 2.11. The zero-order chi connectivity index (χ0) is 9.23. The van der Waals surface area contributed by atoms with Crippen LogP contribution in [0.1, 0.15) is 26.2 Å². The fourth-order valence-corrected chi connectivity index (χ4v) is 1.13. The molecule has 2 heteroatoms. The second-order valence-electron chi connectivity index (χ2n) is 2.91. The molecule has 0 rings (SSSR count). The Morgan fingerprint density at radius 3 is 2.58 bits per heavy atom. The molecule has 0 aliphatic carbocycles. The number of hydrogen-bond acceptors (Lipinski definition) is 2. The minimum absolute atomic E-state index is 0.202. The van der Waals surface area contributed by atoms with Crippen molar-refractivity contribution in [3.63, 3.8) is 0 Å². The summed E-state index contributed by atoms with van der Waals surface area (Å²) in [7, 11) is 0. The van der Waals surface area contributed by atoms with Crippen LogP contribution >= 0.6 is 0 Å². The number of rotatable bonds is 7. The summed E-state index contributed by atoms with van der Waals surface area (Å²) < 4.78 is 0. The maximum atomic E-state index is 8.71. The van der Waals surface area contributed by atoms with E-state index < -0.39 is 0 Å². The molecule has 12 heavy (non-hydrogen) atoms. The van der Waals surface area contributed by atoms with Gasteiger partial charge in [0.2, 0.25) is 0 Å². The Labute approximate surface area is 75.6 Å². The first-order valence-corrected chi connectivity index (χ1v) is 4.61. The van der Waals surface area contributed by atoms with Crippen molar-refractivity contribution in [2.75, 3.05) is 26.2 Å². The quantitative estimate of drug-likeness (QED) is 0.456. The first-order valence-electron chi connectivity index (χ1n) is 4.61. The van der Waals surface area contributed by atoms with Gasteiger partial charge in [-0.3, -0.25) is 4.90 Å². The van der Waals surface area contributed by atoms with Gasteiger partial charge in [-0.05, 0) is 13.0 Å². The highest BCUT2D eigenvalue weighted by molar-refractivity contribution is 4.87. The molecular weight excluding hydrogens is 150 g/mol. The van der Waals surface area contributed by atoms with E-state index >= 15 is 0 Å². The molecule has 0 spiro atoms. The third-order valence-corrected chi connectivity index (χ3v) is 1.81. The molecular formula is C10H19NO. The van der Waals surface area contributed by atoms with Gasteiger partial charge < -0.3 is 5.11 Å². The zero-order valence-corrected chi connectivity index (χ0v) is 7.92. The van der Waals surface area contributed by atoms with E-state index in [2.05, 4.69) is 17.7 Å². The molecule has 0 aromatic carbocycles. The summed E-state index contributed by atoms with van der Waals surface area (Å²) >= 11 is 0. The van der Waals surface area contributed by atoms with Crippen molar-refractivity contribution in [1.29, 1.82) is 0 Å². The lowest BCUT2D eigenvalue weighted by atomic mass is 10.2. The highest BCUT2D eigenvalue weighted by Crippen LogP contribution is 1.97. The van der Waals surface area contributed by atoms with E-state index in [9.17, 15) is 0 Å². The largest absolute Gasteiger partial charge is 0.395 e. The molecule has 1 N–H and O–H groups in total. The van der Waals surface area contributed by atoms with Crippen molar-refractivity contribution in [3.05, 3.63) is 0 Å². The number of terminal acetylenes is 1. The van der Waals surface area contributed by atoms with E-state index in [1.54, 1.807) is 0 Å². The second kappa shape index (κ2) is 8.58. The zero-order valence-electron chi connectivity index (χ0n) is 7.92. The Morgan fingerprint density at radius 2 is 2.08 bits per heavy atom. The molecule has 0 fully saturated rings. The number of aliphatic hydroxyl groups excluding tert-OH is 1. The van der Waals surface area contributed by atoms with Crippen molar-refractivity contribution in [2.24, 2.45) is 0 Å². The molecule has 0 aliphatic heterocycles. The lowest BCUT2D eigenvalue weighted by molar-refractivity contribution is 0.208. The van der Waals surface area contributed by atoms with Gasteiger partial charge in [-0.2, -0.15) is 0 Å². The number of aliphatic hydroxyl groups is 1. The van der Waals surface area contributed by atoms with E-state index in [1.165, 1.54) is 19.3 Å². The van der Waals surface area contributed by atoms with Crippen LogP contribution in [0.4, 0.5) is 0 Å². The maximum absolute atomic E-state index is 8.71. The van der Waals surface area contributed by atoms with E-state index in [4.69, 9.17) is 11.5 Å². The van der Waals surface area contributed by atoms with E-state index in [1.807, 2.05) is 0 Å². The summed E-state index contributed by atoms with van der Waals surface area (Å²) in [6, 6.07) is 0. The maximum Gasteiger partial charge on any atom is 0.0599 e. The van der Waals surface area contributed by atoms with Crippen LogP contribution < -0.4 is 0 Å². The minimum atomic E-state index is 0.202. The van der Waals surface area contributed by atoms with Crippen LogP contribution in [0.5, 0.6) is 0 Å². The fourth-order valence-electron chi connectivity index (χ4n) is 1.13. The van der Waals surface area contributed by atoms with Crippen LogP contribution in [0.3, 0.4) is 0 Å². The molecule has 0 aromatic heterocycles. The molecule has 0 heterocycles. The van der Waals surface area contributed by atoms with Crippen molar-refractivity contribution < 1.29 is 5.11 Å². The average Bonchev–Trinajstić information content (AvgIpc) is 2.06. The van der Waals surface area contributed by atoms with Gasteiger partial charge in [-0.15, -0.1) is 6.42 Å². The first kappa shape index (κ1) is 11.5. The van der Waals surface area contributed by atoms with E-state index in [0.717, 1.165) is 6.54 Å². The molecule has 0 saturated carbocycles. The number of hydrogen-bond donors (Lipinski definition) is 1. The predicted octanol–water partition coefficient (Wildman–Crippen LogP) is 1.10. The highest BCUT2D eigenvalue weighted by atomic mass is 16.3. The van der Waals surface area contributed by atoms with E-state index in [0.29, 0.717) is 13.1 Å². The van der Waals surface area contributed by atoms with Crippen LogP contribution in [0.15, 0.2) is 0 Å². The summed E-state index contributed by atoms with van der Waals surface area (Å²) in [6.45, 7) is 4.75. The van der Waals surface area contributed by atoms with Crippen LogP contribution in [-0.4, -0.2) is 36.2 Å². The number of nitrogens with zero attached hydrogens (tertiary/aromatic N) is 1. The van der Waals surface area contributed by atoms with Crippen molar-refractivity contribution in [1.82, 2.24) is 4.90 Å². The monoisotopic (exact) mass is 169 g/mol. The van der Waals surface area contributed by atoms with E-state index in [-0.39, 0.29) is 6.61 Å². The summed E-state index contributed by atoms with van der Waals surface area (Å²) in [5, 5.41) is 8.71. The lowest BCUT2D eigenvalue weighted by Gasteiger charge is -2.17. The molecule has 0 aromatic rings. The topological polar surface area (TPSA) is 23.5 Å². The molecule has 0 unspecified atom stereocenters. The Morgan fingerprint density at radius 1 is 1.33 bits per heavy atom. The lowest BCUT2D eigenvalue weighted by Crippen LogP contribution is -2.28. The summed E-state index contributed by atoms with van der Waals surface area (Å²) in [6.07, 6.45) is 8.84.